The van der Waals surface area contributed by atoms with Gasteiger partial charge in [-0.2, -0.15) is 0 Å². The smallest absolute Gasteiger partial charge is 0.197 e. The Hall–Kier alpha value is -3.51. The number of H-pyrrole nitrogens is 2. The molecule has 4 rings (SSSR count). The third kappa shape index (κ3) is 3.25. The number of rotatable bonds is 5. The van der Waals surface area contributed by atoms with Crippen molar-refractivity contribution in [3.8, 4) is 22.5 Å². The highest BCUT2D eigenvalue weighted by molar-refractivity contribution is 6.00. The maximum absolute atomic E-state index is 13.9. The monoisotopic (exact) mass is 378 g/mol. The molecule has 4 nitrogen and oxygen atoms in total. The lowest BCUT2D eigenvalue weighted by Gasteiger charge is -2.06. The lowest BCUT2D eigenvalue weighted by Crippen LogP contribution is -2.10. The van der Waals surface area contributed by atoms with Crippen LogP contribution in [0.25, 0.3) is 22.5 Å². The van der Waals surface area contributed by atoms with E-state index < -0.39 is 23.5 Å². The Bertz CT molecular complexity index is 1150. The molecule has 0 aliphatic heterocycles. The number of aliphatic hydroxyl groups excluding tert-OH is 1. The molecule has 4 aromatic rings. The Balaban J connectivity index is 1.58. The highest BCUT2D eigenvalue weighted by atomic mass is 19.1. The predicted molar refractivity (Wildman–Crippen MR) is 102 cm³/mol. The minimum absolute atomic E-state index is 0.222. The van der Waals surface area contributed by atoms with Gasteiger partial charge in [-0.25, -0.2) is 8.78 Å². The number of nitrogens with one attached hydrogen (secondary N) is 2. The summed E-state index contributed by atoms with van der Waals surface area (Å²) in [6, 6.07) is 15.4. The molecule has 0 saturated carbocycles. The first-order valence-corrected chi connectivity index (χ1v) is 8.63. The largest absolute Gasteiger partial charge is 0.380 e. The molecule has 6 heteroatoms. The number of halogens is 2. The SMILES string of the molecule is O=C(c1c[nH]c(-c2ccccc2F)c1)C(O)c1c[nH]c(-c2ccccc2F)c1. The lowest BCUT2D eigenvalue weighted by atomic mass is 10.0. The summed E-state index contributed by atoms with van der Waals surface area (Å²) in [5.41, 5.74) is 2.11. The van der Waals surface area contributed by atoms with Crippen LogP contribution in [0.4, 0.5) is 8.78 Å². The number of Topliss-reactive ketones (excluding diaryl/α,β-unsaturated/α-hetero) is 1. The van der Waals surface area contributed by atoms with Gasteiger partial charge in [0.15, 0.2) is 5.78 Å². The number of carbonyl (C=O) groups is 1. The molecule has 2 aromatic heterocycles. The number of hydrogen-bond donors (Lipinski definition) is 3. The fourth-order valence-electron chi connectivity index (χ4n) is 3.09. The van der Waals surface area contributed by atoms with Gasteiger partial charge in [0.05, 0.1) is 0 Å². The molecule has 0 bridgehead atoms. The molecule has 0 amide bonds. The van der Waals surface area contributed by atoms with Crippen LogP contribution >= 0.6 is 0 Å². The van der Waals surface area contributed by atoms with Gasteiger partial charge in [-0.05, 0) is 36.4 Å². The second-order valence-electron chi connectivity index (χ2n) is 6.38. The van der Waals surface area contributed by atoms with Crippen LogP contribution in [0.15, 0.2) is 73.1 Å². The third-order valence-electron chi connectivity index (χ3n) is 4.57. The summed E-state index contributed by atoms with van der Waals surface area (Å²) < 4.78 is 27.8. The van der Waals surface area contributed by atoms with Crippen LogP contribution in [0.3, 0.4) is 0 Å². The summed E-state index contributed by atoms with van der Waals surface area (Å²) >= 11 is 0. The van der Waals surface area contributed by atoms with Crippen molar-refractivity contribution >= 4 is 5.78 Å². The molecule has 0 radical (unpaired) electrons. The van der Waals surface area contributed by atoms with E-state index >= 15 is 0 Å². The topological polar surface area (TPSA) is 68.9 Å². The van der Waals surface area contributed by atoms with Crippen molar-refractivity contribution in [3.63, 3.8) is 0 Å². The normalized spacial score (nSPS) is 12.1. The zero-order valence-electron chi connectivity index (χ0n) is 14.6. The molecule has 0 spiro atoms. The molecule has 0 saturated heterocycles. The number of carbonyl (C=O) groups excluding carboxylic acids is 1. The molecule has 2 aromatic carbocycles. The maximum atomic E-state index is 13.9. The van der Waals surface area contributed by atoms with Crippen molar-refractivity contribution in [2.24, 2.45) is 0 Å². The van der Waals surface area contributed by atoms with Crippen LogP contribution in [-0.4, -0.2) is 20.9 Å². The van der Waals surface area contributed by atoms with E-state index in [4.69, 9.17) is 0 Å². The van der Waals surface area contributed by atoms with Gasteiger partial charge in [-0.3, -0.25) is 4.79 Å². The van der Waals surface area contributed by atoms with Gasteiger partial charge < -0.3 is 15.1 Å². The summed E-state index contributed by atoms with van der Waals surface area (Å²) in [7, 11) is 0. The van der Waals surface area contributed by atoms with Crippen LogP contribution in [-0.2, 0) is 0 Å². The standard InChI is InChI=1S/C22H16F2N2O2/c23-17-7-3-1-5-15(17)19-9-13(11-25-19)21(27)22(28)14-10-20(26-12-14)16-6-2-4-8-18(16)24/h1-12,21,25-27H. The summed E-state index contributed by atoms with van der Waals surface area (Å²) in [4.78, 5) is 18.4. The molecule has 0 aliphatic carbocycles. The van der Waals surface area contributed by atoms with Gasteiger partial charge in [-0.1, -0.05) is 24.3 Å². The Morgan fingerprint density at radius 3 is 1.96 bits per heavy atom. The number of benzene rings is 2. The average molecular weight is 378 g/mol. The molecule has 0 fully saturated rings. The van der Waals surface area contributed by atoms with E-state index in [1.807, 2.05) is 0 Å². The molecule has 140 valence electrons. The van der Waals surface area contributed by atoms with Gasteiger partial charge in [0.2, 0.25) is 0 Å². The second-order valence-corrected chi connectivity index (χ2v) is 6.38. The maximum Gasteiger partial charge on any atom is 0.197 e. The number of ketones is 1. The second kappa shape index (κ2) is 7.25. The van der Waals surface area contributed by atoms with Crippen LogP contribution in [0.5, 0.6) is 0 Å². The molecule has 3 N–H and O–H groups in total. The van der Waals surface area contributed by atoms with E-state index in [2.05, 4.69) is 9.97 Å². The number of aliphatic hydroxyl groups is 1. The third-order valence-corrected chi connectivity index (χ3v) is 4.57. The molecular formula is C22H16F2N2O2. The summed E-state index contributed by atoms with van der Waals surface area (Å²) in [5, 5.41) is 10.5. The fraction of sp³-hybridized carbons (Fsp3) is 0.0455. The minimum Gasteiger partial charge on any atom is -0.380 e. The predicted octanol–water partition coefficient (Wildman–Crippen LogP) is 4.87. The Morgan fingerprint density at radius 2 is 1.36 bits per heavy atom. The molecule has 1 atom stereocenters. The average Bonchev–Trinajstić information content (AvgIpc) is 3.38. The molecular weight excluding hydrogens is 362 g/mol. The van der Waals surface area contributed by atoms with Crippen LogP contribution < -0.4 is 0 Å². The summed E-state index contributed by atoms with van der Waals surface area (Å²) in [6.07, 6.45) is 1.47. The summed E-state index contributed by atoms with van der Waals surface area (Å²) in [6.45, 7) is 0. The van der Waals surface area contributed by atoms with Crippen molar-refractivity contribution in [1.29, 1.82) is 0 Å². The molecule has 1 unspecified atom stereocenters. The Morgan fingerprint density at radius 1 is 0.821 bits per heavy atom. The zero-order chi connectivity index (χ0) is 19.7. The Kier molecular flexibility index (Phi) is 4.63. The van der Waals surface area contributed by atoms with Gasteiger partial charge in [0.25, 0.3) is 0 Å². The number of aromatic nitrogens is 2. The van der Waals surface area contributed by atoms with Crippen molar-refractivity contribution in [3.05, 3.63) is 95.8 Å². The van der Waals surface area contributed by atoms with Gasteiger partial charge >= 0.3 is 0 Å². The van der Waals surface area contributed by atoms with Crippen molar-refractivity contribution < 1.29 is 18.7 Å². The first-order valence-electron chi connectivity index (χ1n) is 8.63. The molecule has 0 aliphatic rings. The first-order chi connectivity index (χ1) is 13.5. The van der Waals surface area contributed by atoms with E-state index in [1.165, 1.54) is 36.7 Å². The van der Waals surface area contributed by atoms with Crippen molar-refractivity contribution in [2.75, 3.05) is 0 Å². The minimum atomic E-state index is -1.43. The van der Waals surface area contributed by atoms with Crippen LogP contribution in [0.1, 0.15) is 22.0 Å². The molecule has 2 heterocycles. The summed E-state index contributed by atoms with van der Waals surface area (Å²) in [5.74, 6) is -1.36. The fourth-order valence-corrected chi connectivity index (χ4v) is 3.09. The van der Waals surface area contributed by atoms with Crippen LogP contribution in [0.2, 0.25) is 0 Å². The molecule has 28 heavy (non-hydrogen) atoms. The number of aromatic amines is 2. The van der Waals surface area contributed by atoms with Crippen LogP contribution in [0, 0.1) is 11.6 Å². The van der Waals surface area contributed by atoms with E-state index in [9.17, 15) is 18.7 Å². The lowest BCUT2D eigenvalue weighted by molar-refractivity contribution is 0.0748. The number of hydrogen-bond acceptors (Lipinski definition) is 2. The van der Waals surface area contributed by atoms with Crippen molar-refractivity contribution in [1.82, 2.24) is 9.97 Å². The van der Waals surface area contributed by atoms with Crippen molar-refractivity contribution in [2.45, 2.75) is 6.10 Å². The van der Waals surface area contributed by atoms with E-state index in [-0.39, 0.29) is 5.56 Å². The van der Waals surface area contributed by atoms with E-state index in [0.29, 0.717) is 28.1 Å². The highest BCUT2D eigenvalue weighted by Gasteiger charge is 2.22. The van der Waals surface area contributed by atoms with E-state index in [0.717, 1.165) is 0 Å². The quantitative estimate of drug-likeness (QED) is 0.434. The zero-order valence-corrected chi connectivity index (χ0v) is 14.6. The van der Waals surface area contributed by atoms with Gasteiger partial charge in [-0.15, -0.1) is 0 Å². The first kappa shape index (κ1) is 17.9. The Labute approximate surface area is 159 Å². The van der Waals surface area contributed by atoms with E-state index in [1.54, 1.807) is 36.4 Å². The van der Waals surface area contributed by atoms with Gasteiger partial charge in [0, 0.05) is 46.0 Å². The van der Waals surface area contributed by atoms with Gasteiger partial charge in [0.1, 0.15) is 17.7 Å². The highest BCUT2D eigenvalue weighted by Crippen LogP contribution is 2.28.